The molecular formula is C7H9O3-. The molecule has 3 nitrogen and oxygen atoms in total. The van der Waals surface area contributed by atoms with Gasteiger partial charge >= 0.3 is 0 Å². The minimum atomic E-state index is -1.26. The molecule has 0 N–H and O–H groups in total. The third-order valence-corrected chi connectivity index (χ3v) is 0.898. The Hall–Kier alpha value is -1.01. The molecule has 0 aliphatic carbocycles. The van der Waals surface area contributed by atoms with Crippen LogP contribution in [-0.4, -0.2) is 18.2 Å². The van der Waals surface area contributed by atoms with Gasteiger partial charge in [0.25, 0.3) is 0 Å². The quantitative estimate of drug-likeness (QED) is 0.482. The molecule has 0 heterocycles. The first-order chi connectivity index (χ1) is 4.48. The van der Waals surface area contributed by atoms with Crippen LogP contribution in [0.1, 0.15) is 13.8 Å². The number of aliphatic carboxylic acids is 1. The molecule has 0 spiro atoms. The number of hydrogen-bond donors (Lipinski definition) is 0. The molecule has 0 aliphatic rings. The average molecular weight is 141 g/mol. The third kappa shape index (κ3) is 3.93. The zero-order valence-corrected chi connectivity index (χ0v) is 6.01. The Morgan fingerprint density at radius 3 is 2.60 bits per heavy atom. The second kappa shape index (κ2) is 3.23. The molecule has 0 radical (unpaired) electrons. The second-order valence-corrected chi connectivity index (χ2v) is 2.32. The zero-order valence-electron chi connectivity index (χ0n) is 6.01. The van der Waals surface area contributed by atoms with Gasteiger partial charge in [-0.05, 0) is 13.8 Å². The van der Waals surface area contributed by atoms with Crippen LogP contribution in [0.15, 0.2) is 0 Å². The van der Waals surface area contributed by atoms with Gasteiger partial charge in [0.05, 0.1) is 12.6 Å². The predicted molar refractivity (Wildman–Crippen MR) is 33.9 cm³/mol. The Labute approximate surface area is 60.0 Å². The Morgan fingerprint density at radius 1 is 1.80 bits per heavy atom. The number of terminal acetylenes is 1. The highest BCUT2D eigenvalue weighted by atomic mass is 16.5. The molecular weight excluding hydrogens is 132 g/mol. The zero-order chi connectivity index (χ0) is 8.20. The van der Waals surface area contributed by atoms with E-state index in [-0.39, 0.29) is 0 Å². The van der Waals surface area contributed by atoms with Gasteiger partial charge in [0.2, 0.25) is 0 Å². The fraction of sp³-hybridized carbons (Fsp3) is 0.571. The lowest BCUT2D eigenvalue weighted by Crippen LogP contribution is -2.33. The highest BCUT2D eigenvalue weighted by molar-refractivity contribution is 5.65. The van der Waals surface area contributed by atoms with Crippen LogP contribution in [0, 0.1) is 12.3 Å². The summed E-state index contributed by atoms with van der Waals surface area (Å²) in [5.41, 5.74) is -0.819. The van der Waals surface area contributed by atoms with Crippen LogP contribution >= 0.6 is 0 Å². The van der Waals surface area contributed by atoms with E-state index in [9.17, 15) is 9.90 Å². The minimum Gasteiger partial charge on any atom is -0.548 e. The van der Waals surface area contributed by atoms with E-state index in [0.717, 1.165) is 0 Å². The highest BCUT2D eigenvalue weighted by Crippen LogP contribution is 2.04. The molecule has 0 bridgehead atoms. The third-order valence-electron chi connectivity index (χ3n) is 0.898. The summed E-state index contributed by atoms with van der Waals surface area (Å²) >= 11 is 0. The molecule has 0 atom stereocenters. The molecule has 0 aromatic heterocycles. The van der Waals surface area contributed by atoms with E-state index in [0.29, 0.717) is 0 Å². The molecule has 0 aromatic rings. The largest absolute Gasteiger partial charge is 0.548 e. The van der Waals surface area contributed by atoms with E-state index in [4.69, 9.17) is 11.2 Å². The maximum atomic E-state index is 9.86. The van der Waals surface area contributed by atoms with Crippen LogP contribution in [0.5, 0.6) is 0 Å². The first kappa shape index (κ1) is 8.99. The van der Waals surface area contributed by atoms with E-state index < -0.39 is 18.2 Å². The van der Waals surface area contributed by atoms with E-state index in [1.54, 1.807) is 13.8 Å². The molecule has 0 rings (SSSR count). The first-order valence-corrected chi connectivity index (χ1v) is 2.79. The Balaban J connectivity index is 3.71. The smallest absolute Gasteiger partial charge is 0.123 e. The number of rotatable bonds is 3. The van der Waals surface area contributed by atoms with Crippen molar-refractivity contribution in [1.82, 2.24) is 0 Å². The van der Waals surface area contributed by atoms with Crippen molar-refractivity contribution in [2.75, 3.05) is 6.61 Å². The van der Waals surface area contributed by atoms with E-state index in [1.165, 1.54) is 0 Å². The summed E-state index contributed by atoms with van der Waals surface area (Å²) in [5, 5.41) is 9.86. The summed E-state index contributed by atoms with van der Waals surface area (Å²) in [6, 6.07) is 0. The Bertz CT molecular complexity index is 164. The monoisotopic (exact) mass is 141 g/mol. The van der Waals surface area contributed by atoms with E-state index in [2.05, 4.69) is 5.92 Å². The van der Waals surface area contributed by atoms with Gasteiger partial charge in [-0.3, -0.25) is 0 Å². The summed E-state index contributed by atoms with van der Waals surface area (Å²) in [7, 11) is 0. The number of ether oxygens (including phenoxy) is 1. The van der Waals surface area contributed by atoms with E-state index in [1.807, 2.05) is 0 Å². The van der Waals surface area contributed by atoms with Crippen LogP contribution in [0.25, 0.3) is 0 Å². The molecule has 0 aromatic carbocycles. The van der Waals surface area contributed by atoms with Gasteiger partial charge in [-0.1, -0.05) is 5.92 Å². The molecule has 0 aliphatic heterocycles. The average Bonchev–Trinajstić information content (AvgIpc) is 1.85. The normalized spacial score (nSPS) is 10.5. The van der Waals surface area contributed by atoms with Gasteiger partial charge < -0.3 is 14.6 Å². The van der Waals surface area contributed by atoms with Crippen molar-refractivity contribution in [3.05, 3.63) is 0 Å². The maximum Gasteiger partial charge on any atom is 0.123 e. The van der Waals surface area contributed by atoms with Gasteiger partial charge in [0.15, 0.2) is 0 Å². The molecule has 0 saturated carbocycles. The van der Waals surface area contributed by atoms with Crippen molar-refractivity contribution < 1.29 is 14.6 Å². The highest BCUT2D eigenvalue weighted by Gasteiger charge is 2.12. The van der Waals surface area contributed by atoms with Crippen LogP contribution < -0.4 is 5.11 Å². The van der Waals surface area contributed by atoms with Crippen molar-refractivity contribution in [3.63, 3.8) is 0 Å². The van der Waals surface area contributed by atoms with Crippen LogP contribution in [0.2, 0.25) is 0 Å². The molecule has 56 valence electrons. The van der Waals surface area contributed by atoms with Crippen LogP contribution in [0.3, 0.4) is 0 Å². The lowest BCUT2D eigenvalue weighted by molar-refractivity contribution is -0.311. The van der Waals surface area contributed by atoms with Crippen LogP contribution in [0.4, 0.5) is 0 Å². The SMILES string of the molecule is C#CC(C)(C)OCC(=O)[O-]. The van der Waals surface area contributed by atoms with Gasteiger partial charge in [0.1, 0.15) is 5.60 Å². The van der Waals surface area contributed by atoms with Gasteiger partial charge in [-0.25, -0.2) is 0 Å². The maximum absolute atomic E-state index is 9.86. The topological polar surface area (TPSA) is 49.4 Å². The van der Waals surface area contributed by atoms with Gasteiger partial charge in [-0.2, -0.15) is 0 Å². The lowest BCUT2D eigenvalue weighted by atomic mass is 10.1. The number of carboxylic acids is 1. The van der Waals surface area contributed by atoms with Crippen LogP contribution in [-0.2, 0) is 9.53 Å². The minimum absolute atomic E-state index is 0.461. The molecule has 3 heteroatoms. The predicted octanol–water partition coefficient (Wildman–Crippen LogP) is -0.835. The first-order valence-electron chi connectivity index (χ1n) is 2.79. The van der Waals surface area contributed by atoms with Crippen molar-refractivity contribution in [3.8, 4) is 12.3 Å². The van der Waals surface area contributed by atoms with Crippen molar-refractivity contribution in [2.24, 2.45) is 0 Å². The molecule has 0 unspecified atom stereocenters. The number of carbonyl (C=O) groups excluding carboxylic acids is 1. The van der Waals surface area contributed by atoms with Crippen molar-refractivity contribution in [2.45, 2.75) is 19.4 Å². The summed E-state index contributed by atoms with van der Waals surface area (Å²) in [6.07, 6.45) is 5.00. The lowest BCUT2D eigenvalue weighted by Gasteiger charge is -2.18. The Kier molecular flexibility index (Phi) is 2.91. The van der Waals surface area contributed by atoms with Gasteiger partial charge in [-0.15, -0.1) is 6.42 Å². The summed E-state index contributed by atoms with van der Waals surface area (Å²) in [5.74, 6) is 1.02. The van der Waals surface area contributed by atoms with Crippen molar-refractivity contribution >= 4 is 5.97 Å². The summed E-state index contributed by atoms with van der Waals surface area (Å²) in [6.45, 7) is 2.75. The number of hydrogen-bond acceptors (Lipinski definition) is 3. The second-order valence-electron chi connectivity index (χ2n) is 2.32. The summed E-state index contributed by atoms with van der Waals surface area (Å²) in [4.78, 5) is 9.86. The Morgan fingerprint density at radius 2 is 2.30 bits per heavy atom. The van der Waals surface area contributed by atoms with Crippen molar-refractivity contribution in [1.29, 1.82) is 0 Å². The molecule has 0 amide bonds. The summed E-state index contributed by atoms with van der Waals surface area (Å²) < 4.78 is 4.74. The molecule has 0 saturated heterocycles. The number of carbonyl (C=O) groups is 1. The standard InChI is InChI=1S/C7H10O3/c1-4-7(2,3)10-5-6(8)9/h1H,5H2,2-3H3,(H,8,9)/p-1. The molecule has 0 fully saturated rings. The fourth-order valence-electron chi connectivity index (χ4n) is 0.281. The number of carboxylic acid groups (broad SMARTS) is 1. The fourth-order valence-corrected chi connectivity index (χ4v) is 0.281. The van der Waals surface area contributed by atoms with E-state index >= 15 is 0 Å². The van der Waals surface area contributed by atoms with Gasteiger partial charge in [0, 0.05) is 0 Å². The molecule has 10 heavy (non-hydrogen) atoms.